The molecule has 1 aromatic heterocycles. The highest BCUT2D eigenvalue weighted by Gasteiger charge is 2.12. The number of H-pyrrole nitrogens is 1. The second-order valence-electron chi connectivity index (χ2n) is 4.49. The largest absolute Gasteiger partial charge is 0.322 e. The number of carbonyl (C=O) groups is 1. The fourth-order valence-electron chi connectivity index (χ4n) is 1.96. The molecule has 2 aromatic carbocycles. The third kappa shape index (κ3) is 3.18. The van der Waals surface area contributed by atoms with Gasteiger partial charge in [0.15, 0.2) is 5.82 Å². The maximum absolute atomic E-state index is 12.3. The Hall–Kier alpha value is -2.18. The maximum Gasteiger partial charge on any atom is 0.257 e. The van der Waals surface area contributed by atoms with Crippen LogP contribution in [0, 0.1) is 0 Å². The van der Waals surface area contributed by atoms with Crippen molar-refractivity contribution in [1.82, 2.24) is 15.2 Å². The molecule has 0 fully saturated rings. The Bertz CT molecular complexity index is 820. The van der Waals surface area contributed by atoms with Crippen LogP contribution in [0.1, 0.15) is 10.4 Å². The van der Waals surface area contributed by atoms with Crippen molar-refractivity contribution in [3.63, 3.8) is 0 Å². The lowest BCUT2D eigenvalue weighted by molar-refractivity contribution is 0.102. The molecule has 0 saturated heterocycles. The van der Waals surface area contributed by atoms with Crippen LogP contribution in [-0.4, -0.2) is 21.1 Å². The average molecular weight is 378 g/mol. The summed E-state index contributed by atoms with van der Waals surface area (Å²) < 4.78 is 0.789. The Balaban J connectivity index is 1.85. The van der Waals surface area contributed by atoms with E-state index >= 15 is 0 Å². The number of nitrogens with zero attached hydrogens (tertiary/aromatic N) is 2. The molecule has 0 aliphatic carbocycles. The van der Waals surface area contributed by atoms with Gasteiger partial charge < -0.3 is 5.32 Å². The predicted octanol–water partition coefficient (Wildman–Crippen LogP) is 4.14. The van der Waals surface area contributed by atoms with Crippen molar-refractivity contribution >= 4 is 39.1 Å². The third-order valence-electron chi connectivity index (χ3n) is 2.98. The van der Waals surface area contributed by atoms with Crippen LogP contribution < -0.4 is 5.32 Å². The number of hydrogen-bond acceptors (Lipinski definition) is 3. The molecule has 0 saturated carbocycles. The summed E-state index contributed by atoms with van der Waals surface area (Å²) in [6.07, 6.45) is 1.43. The number of amides is 1. The highest BCUT2D eigenvalue weighted by molar-refractivity contribution is 9.10. The predicted molar refractivity (Wildman–Crippen MR) is 88.9 cm³/mol. The van der Waals surface area contributed by atoms with Crippen LogP contribution >= 0.6 is 27.5 Å². The Labute approximate surface area is 139 Å². The summed E-state index contributed by atoms with van der Waals surface area (Å²) in [7, 11) is 0. The lowest BCUT2D eigenvalue weighted by atomic mass is 10.1. The number of halogens is 2. The van der Waals surface area contributed by atoms with Gasteiger partial charge in [-0.25, -0.2) is 4.98 Å². The maximum atomic E-state index is 12.3. The summed E-state index contributed by atoms with van der Waals surface area (Å²) in [4.78, 5) is 16.4. The SMILES string of the molecule is O=C(Nc1cccc(-c2ncn[nH]2)c1)c1cc(Br)ccc1Cl. The van der Waals surface area contributed by atoms with E-state index in [-0.39, 0.29) is 5.91 Å². The molecular formula is C15H10BrClN4O. The van der Waals surface area contributed by atoms with E-state index in [4.69, 9.17) is 11.6 Å². The number of benzene rings is 2. The number of carbonyl (C=O) groups excluding carboxylic acids is 1. The summed E-state index contributed by atoms with van der Waals surface area (Å²) in [6, 6.07) is 12.4. The Kier molecular flexibility index (Phi) is 4.22. The van der Waals surface area contributed by atoms with Gasteiger partial charge in [0, 0.05) is 15.7 Å². The number of anilines is 1. The number of rotatable bonds is 3. The zero-order valence-electron chi connectivity index (χ0n) is 11.2. The Morgan fingerprint density at radius 2 is 2.09 bits per heavy atom. The minimum absolute atomic E-state index is 0.277. The van der Waals surface area contributed by atoms with Crippen molar-refractivity contribution in [2.45, 2.75) is 0 Å². The van der Waals surface area contributed by atoms with Gasteiger partial charge in [-0.2, -0.15) is 5.10 Å². The minimum Gasteiger partial charge on any atom is -0.322 e. The quantitative estimate of drug-likeness (QED) is 0.720. The van der Waals surface area contributed by atoms with Crippen LogP contribution in [0.15, 0.2) is 53.3 Å². The summed E-state index contributed by atoms with van der Waals surface area (Å²) in [5.74, 6) is 0.359. The van der Waals surface area contributed by atoms with E-state index in [2.05, 4.69) is 36.4 Å². The zero-order chi connectivity index (χ0) is 15.5. The third-order valence-corrected chi connectivity index (χ3v) is 3.80. The Morgan fingerprint density at radius 3 is 2.86 bits per heavy atom. The van der Waals surface area contributed by atoms with Crippen LogP contribution in [0.4, 0.5) is 5.69 Å². The van der Waals surface area contributed by atoms with Crippen LogP contribution in [0.5, 0.6) is 0 Å². The Morgan fingerprint density at radius 1 is 1.23 bits per heavy atom. The second kappa shape index (κ2) is 6.29. The second-order valence-corrected chi connectivity index (χ2v) is 5.82. The standard InChI is InChI=1S/C15H10BrClN4O/c16-10-4-5-13(17)12(7-10)15(22)20-11-3-1-2-9(6-11)14-18-8-19-21-14/h1-8H,(H,20,22)(H,18,19,21). The summed E-state index contributed by atoms with van der Waals surface area (Å²) in [6.45, 7) is 0. The molecule has 0 bridgehead atoms. The molecule has 2 N–H and O–H groups in total. The molecule has 0 spiro atoms. The van der Waals surface area contributed by atoms with Crippen molar-refractivity contribution in [3.05, 3.63) is 63.9 Å². The monoisotopic (exact) mass is 376 g/mol. The molecule has 7 heteroatoms. The van der Waals surface area contributed by atoms with Gasteiger partial charge in [0.05, 0.1) is 10.6 Å². The summed E-state index contributed by atoms with van der Waals surface area (Å²) in [5, 5.41) is 9.81. The van der Waals surface area contributed by atoms with Crippen LogP contribution in [-0.2, 0) is 0 Å². The molecule has 110 valence electrons. The van der Waals surface area contributed by atoms with E-state index in [1.165, 1.54) is 6.33 Å². The van der Waals surface area contributed by atoms with Gasteiger partial charge in [-0.15, -0.1) is 0 Å². The molecule has 0 aliphatic heterocycles. The topological polar surface area (TPSA) is 70.7 Å². The van der Waals surface area contributed by atoms with Crippen LogP contribution in [0.2, 0.25) is 5.02 Å². The van der Waals surface area contributed by atoms with Crippen molar-refractivity contribution in [2.24, 2.45) is 0 Å². The fourth-order valence-corrected chi connectivity index (χ4v) is 2.52. The molecule has 0 aliphatic rings. The van der Waals surface area contributed by atoms with E-state index in [1.807, 2.05) is 18.2 Å². The van der Waals surface area contributed by atoms with E-state index in [9.17, 15) is 4.79 Å². The molecule has 1 amide bonds. The molecule has 1 heterocycles. The van der Waals surface area contributed by atoms with Gasteiger partial charge in [0.25, 0.3) is 5.91 Å². The number of hydrogen-bond donors (Lipinski definition) is 2. The molecule has 0 atom stereocenters. The number of aromatic nitrogens is 3. The first-order valence-electron chi connectivity index (χ1n) is 6.36. The lowest BCUT2D eigenvalue weighted by Crippen LogP contribution is -2.12. The van der Waals surface area contributed by atoms with E-state index in [0.717, 1.165) is 10.0 Å². The van der Waals surface area contributed by atoms with Crippen molar-refractivity contribution in [1.29, 1.82) is 0 Å². The smallest absolute Gasteiger partial charge is 0.257 e. The normalized spacial score (nSPS) is 10.5. The van der Waals surface area contributed by atoms with Crippen LogP contribution in [0.25, 0.3) is 11.4 Å². The van der Waals surface area contributed by atoms with Gasteiger partial charge in [-0.1, -0.05) is 39.7 Å². The molecule has 3 aromatic rings. The summed E-state index contributed by atoms with van der Waals surface area (Å²) >= 11 is 9.39. The van der Waals surface area contributed by atoms with Crippen molar-refractivity contribution in [2.75, 3.05) is 5.32 Å². The fraction of sp³-hybridized carbons (Fsp3) is 0. The van der Waals surface area contributed by atoms with E-state index in [0.29, 0.717) is 22.1 Å². The highest BCUT2D eigenvalue weighted by Crippen LogP contribution is 2.23. The molecule has 0 unspecified atom stereocenters. The molecule has 22 heavy (non-hydrogen) atoms. The average Bonchev–Trinajstić information content (AvgIpc) is 3.04. The van der Waals surface area contributed by atoms with Crippen molar-refractivity contribution in [3.8, 4) is 11.4 Å². The first-order chi connectivity index (χ1) is 10.6. The van der Waals surface area contributed by atoms with Gasteiger partial charge >= 0.3 is 0 Å². The molecular weight excluding hydrogens is 368 g/mol. The van der Waals surface area contributed by atoms with E-state index < -0.39 is 0 Å². The lowest BCUT2D eigenvalue weighted by Gasteiger charge is -2.08. The number of nitrogens with one attached hydrogen (secondary N) is 2. The van der Waals surface area contributed by atoms with Crippen molar-refractivity contribution < 1.29 is 4.79 Å². The van der Waals surface area contributed by atoms with Crippen LogP contribution in [0.3, 0.4) is 0 Å². The first-order valence-corrected chi connectivity index (χ1v) is 7.53. The highest BCUT2D eigenvalue weighted by atomic mass is 79.9. The molecule has 5 nitrogen and oxygen atoms in total. The van der Waals surface area contributed by atoms with Gasteiger partial charge in [-0.3, -0.25) is 9.89 Å². The first kappa shape index (κ1) is 14.7. The number of aromatic amines is 1. The summed E-state index contributed by atoms with van der Waals surface area (Å²) in [5.41, 5.74) is 1.88. The zero-order valence-corrected chi connectivity index (χ0v) is 13.5. The molecule has 0 radical (unpaired) electrons. The van der Waals surface area contributed by atoms with E-state index in [1.54, 1.807) is 24.3 Å². The van der Waals surface area contributed by atoms with Gasteiger partial charge in [0.1, 0.15) is 6.33 Å². The van der Waals surface area contributed by atoms with Gasteiger partial charge in [-0.05, 0) is 30.3 Å². The minimum atomic E-state index is -0.277. The molecule has 3 rings (SSSR count). The van der Waals surface area contributed by atoms with Gasteiger partial charge in [0.2, 0.25) is 0 Å².